The fourth-order valence-electron chi connectivity index (χ4n) is 2.08. The second-order valence-electron chi connectivity index (χ2n) is 5.01. The number of carbonyl (C=O) groups is 1. The van der Waals surface area contributed by atoms with Gasteiger partial charge in [0, 0.05) is 13.0 Å². The van der Waals surface area contributed by atoms with Gasteiger partial charge in [-0.2, -0.15) is 0 Å². The fourth-order valence-corrected chi connectivity index (χ4v) is 2.79. The Morgan fingerprint density at radius 2 is 2.04 bits per heavy atom. The molecule has 0 unspecified atom stereocenters. The molecule has 5 nitrogen and oxygen atoms in total. The zero-order valence-corrected chi connectivity index (χ0v) is 13.6. The third-order valence-electron chi connectivity index (χ3n) is 3.25. The zero-order valence-electron chi connectivity index (χ0n) is 12.7. The minimum absolute atomic E-state index is 0.112. The number of rotatable bonds is 4. The van der Waals surface area contributed by atoms with Crippen molar-refractivity contribution in [3.63, 3.8) is 0 Å². The van der Waals surface area contributed by atoms with E-state index in [1.54, 1.807) is 23.7 Å². The van der Waals surface area contributed by atoms with Crippen LogP contribution in [0.15, 0.2) is 35.8 Å². The predicted octanol–water partition coefficient (Wildman–Crippen LogP) is 4.38. The van der Waals surface area contributed by atoms with Crippen molar-refractivity contribution in [2.45, 2.75) is 12.8 Å². The summed E-state index contributed by atoms with van der Waals surface area (Å²) in [5.41, 5.74) is 1.93. The molecule has 0 radical (unpaired) electrons. The lowest BCUT2D eigenvalue weighted by Crippen LogP contribution is -2.13. The minimum atomic E-state index is -3.18. The number of halogens is 2. The highest BCUT2D eigenvalue weighted by Crippen LogP contribution is 2.36. The summed E-state index contributed by atoms with van der Waals surface area (Å²) in [5, 5.41) is 0. The Balaban J connectivity index is 2.04. The highest BCUT2D eigenvalue weighted by atomic mass is 32.1. The molecule has 2 heterocycles. The Morgan fingerprint density at radius 1 is 1.25 bits per heavy atom. The highest BCUT2D eigenvalue weighted by molar-refractivity contribution is 7.16. The lowest BCUT2D eigenvalue weighted by Gasteiger charge is -2.16. The van der Waals surface area contributed by atoms with Crippen molar-refractivity contribution in [3.05, 3.63) is 47.1 Å². The van der Waals surface area contributed by atoms with Gasteiger partial charge in [-0.25, -0.2) is 23.5 Å². The number of nitrogens with zero attached hydrogens (tertiary/aromatic N) is 2. The molecule has 0 aliphatic heterocycles. The van der Waals surface area contributed by atoms with Gasteiger partial charge >= 0.3 is 5.97 Å². The summed E-state index contributed by atoms with van der Waals surface area (Å²) < 4.78 is 38.5. The molecule has 0 N–H and O–H groups in total. The van der Waals surface area contributed by atoms with Gasteiger partial charge in [-0.15, -0.1) is 11.3 Å². The van der Waals surface area contributed by atoms with Gasteiger partial charge in [0.05, 0.1) is 28.4 Å². The van der Waals surface area contributed by atoms with Gasteiger partial charge in [0.1, 0.15) is 5.75 Å². The van der Waals surface area contributed by atoms with Gasteiger partial charge in [0.25, 0.3) is 5.92 Å². The first-order chi connectivity index (χ1) is 11.4. The number of hydrogen-bond donors (Lipinski definition) is 0. The van der Waals surface area contributed by atoms with Crippen molar-refractivity contribution >= 4 is 27.5 Å². The molecule has 0 fully saturated rings. The predicted molar refractivity (Wildman–Crippen MR) is 84.8 cm³/mol. The number of thiazole rings is 1. The first-order valence-corrected chi connectivity index (χ1v) is 7.75. The SMILES string of the molecule is COC(=O)c1ccc(C(C)(F)F)c(Oc2ccc3ncsc3c2)n1. The quantitative estimate of drug-likeness (QED) is 0.654. The van der Waals surface area contributed by atoms with E-state index in [9.17, 15) is 13.6 Å². The van der Waals surface area contributed by atoms with Crippen LogP contribution in [0, 0.1) is 0 Å². The van der Waals surface area contributed by atoms with E-state index in [0.29, 0.717) is 5.75 Å². The third kappa shape index (κ3) is 3.18. The number of pyridine rings is 1. The summed E-state index contributed by atoms with van der Waals surface area (Å²) in [6.07, 6.45) is 0. The van der Waals surface area contributed by atoms with Gasteiger partial charge in [-0.1, -0.05) is 0 Å². The lowest BCUT2D eigenvalue weighted by atomic mass is 10.1. The second-order valence-corrected chi connectivity index (χ2v) is 5.90. The summed E-state index contributed by atoms with van der Waals surface area (Å²) in [6, 6.07) is 7.29. The highest BCUT2D eigenvalue weighted by Gasteiger charge is 2.31. The first-order valence-electron chi connectivity index (χ1n) is 6.87. The molecule has 0 spiro atoms. The molecule has 24 heavy (non-hydrogen) atoms. The molecular weight excluding hydrogens is 338 g/mol. The maximum atomic E-state index is 13.8. The summed E-state index contributed by atoms with van der Waals surface area (Å²) >= 11 is 1.40. The van der Waals surface area contributed by atoms with Crippen LogP contribution < -0.4 is 4.74 Å². The van der Waals surface area contributed by atoms with Crippen LogP contribution in [0.2, 0.25) is 0 Å². The van der Waals surface area contributed by atoms with Crippen molar-refractivity contribution in [2.24, 2.45) is 0 Å². The summed E-state index contributed by atoms with van der Waals surface area (Å²) in [6.45, 7) is 0.737. The van der Waals surface area contributed by atoms with Crippen molar-refractivity contribution < 1.29 is 23.0 Å². The second kappa shape index (κ2) is 6.12. The Bertz CT molecular complexity index is 906. The molecule has 2 aromatic heterocycles. The number of aromatic nitrogens is 2. The molecule has 0 saturated carbocycles. The molecule has 0 saturated heterocycles. The molecule has 0 amide bonds. The van der Waals surface area contributed by atoms with Crippen LogP contribution >= 0.6 is 11.3 Å². The molecule has 0 bridgehead atoms. The van der Waals surface area contributed by atoms with Crippen LogP contribution in [0.5, 0.6) is 11.6 Å². The summed E-state index contributed by atoms with van der Waals surface area (Å²) in [5.74, 6) is -3.92. The smallest absolute Gasteiger partial charge is 0.356 e. The number of fused-ring (bicyclic) bond motifs is 1. The van der Waals surface area contributed by atoms with E-state index in [1.807, 2.05) is 0 Å². The number of methoxy groups -OCH3 is 1. The van der Waals surface area contributed by atoms with E-state index in [2.05, 4.69) is 14.7 Å². The van der Waals surface area contributed by atoms with E-state index < -0.39 is 17.5 Å². The molecule has 3 aromatic rings. The van der Waals surface area contributed by atoms with Gasteiger partial charge in [-0.05, 0) is 24.3 Å². The van der Waals surface area contributed by atoms with Crippen LogP contribution in [0.4, 0.5) is 8.78 Å². The van der Waals surface area contributed by atoms with Gasteiger partial charge in [0.15, 0.2) is 5.69 Å². The fraction of sp³-hybridized carbons (Fsp3) is 0.188. The summed E-state index contributed by atoms with van der Waals surface area (Å²) in [7, 11) is 1.19. The van der Waals surface area contributed by atoms with Crippen molar-refractivity contribution in [2.75, 3.05) is 7.11 Å². The van der Waals surface area contributed by atoms with Crippen molar-refractivity contribution in [3.8, 4) is 11.6 Å². The maximum absolute atomic E-state index is 13.8. The average molecular weight is 350 g/mol. The number of hydrogen-bond acceptors (Lipinski definition) is 6. The molecule has 8 heteroatoms. The molecule has 124 valence electrons. The Labute approximate surface area is 139 Å². The molecular formula is C16H12F2N2O3S. The Morgan fingerprint density at radius 3 is 2.75 bits per heavy atom. The van der Waals surface area contributed by atoms with Crippen molar-refractivity contribution in [1.82, 2.24) is 9.97 Å². The van der Waals surface area contributed by atoms with Gasteiger partial charge < -0.3 is 9.47 Å². The van der Waals surface area contributed by atoms with Crippen LogP contribution in [-0.2, 0) is 10.7 Å². The number of carbonyl (C=O) groups excluding carboxylic acids is 1. The van der Waals surface area contributed by atoms with E-state index >= 15 is 0 Å². The molecule has 1 aromatic carbocycles. The third-order valence-corrected chi connectivity index (χ3v) is 4.04. The molecule has 3 rings (SSSR count). The normalized spacial score (nSPS) is 11.5. The molecule has 0 aliphatic rings. The number of ether oxygens (including phenoxy) is 2. The largest absolute Gasteiger partial charge is 0.464 e. The summed E-state index contributed by atoms with van der Waals surface area (Å²) in [4.78, 5) is 19.6. The van der Waals surface area contributed by atoms with Gasteiger partial charge in [-0.3, -0.25) is 0 Å². The van der Waals surface area contributed by atoms with E-state index in [4.69, 9.17) is 4.74 Å². The zero-order chi connectivity index (χ0) is 17.3. The lowest BCUT2D eigenvalue weighted by molar-refractivity contribution is 0.0148. The number of esters is 1. The number of benzene rings is 1. The van der Waals surface area contributed by atoms with Crippen LogP contribution in [-0.4, -0.2) is 23.0 Å². The van der Waals surface area contributed by atoms with Crippen LogP contribution in [0.25, 0.3) is 10.2 Å². The monoisotopic (exact) mass is 350 g/mol. The number of alkyl halides is 2. The van der Waals surface area contributed by atoms with Gasteiger partial charge in [0.2, 0.25) is 5.88 Å². The Kier molecular flexibility index (Phi) is 4.15. The van der Waals surface area contributed by atoms with E-state index in [1.165, 1.54) is 24.5 Å². The van der Waals surface area contributed by atoms with Crippen LogP contribution in [0.3, 0.4) is 0 Å². The standard InChI is InChI=1S/C16H12F2N2O3S/c1-16(17,18)10-4-6-12(15(21)22-2)20-14(10)23-9-3-5-11-13(7-9)24-8-19-11/h3-8H,1-2H3. The Hall–Kier alpha value is -2.61. The van der Waals surface area contributed by atoms with Crippen LogP contribution in [0.1, 0.15) is 23.0 Å². The van der Waals surface area contributed by atoms with E-state index in [-0.39, 0.29) is 11.6 Å². The van der Waals surface area contributed by atoms with Crippen molar-refractivity contribution in [1.29, 1.82) is 0 Å². The topological polar surface area (TPSA) is 61.3 Å². The maximum Gasteiger partial charge on any atom is 0.356 e. The minimum Gasteiger partial charge on any atom is -0.464 e. The molecule has 0 atom stereocenters. The van der Waals surface area contributed by atoms with E-state index in [0.717, 1.165) is 23.2 Å². The molecule has 0 aliphatic carbocycles. The first kappa shape index (κ1) is 16.3. The average Bonchev–Trinajstić information content (AvgIpc) is 3.00.